The van der Waals surface area contributed by atoms with Gasteiger partial charge in [0, 0.05) is 31.5 Å². The maximum absolute atomic E-state index is 11.4. The van der Waals surface area contributed by atoms with Crippen LogP contribution in [0.4, 0.5) is 11.4 Å². The van der Waals surface area contributed by atoms with Crippen molar-refractivity contribution in [2.24, 2.45) is 0 Å². The third-order valence-corrected chi connectivity index (χ3v) is 3.61. The summed E-state index contributed by atoms with van der Waals surface area (Å²) in [6, 6.07) is 8.13. The van der Waals surface area contributed by atoms with E-state index in [1.165, 1.54) is 24.9 Å². The number of hydrogen-bond acceptors (Lipinski definition) is 3. The fraction of sp³-hybridized carbons (Fsp3) is 0.533. The molecule has 0 spiro atoms. The van der Waals surface area contributed by atoms with Gasteiger partial charge in [-0.1, -0.05) is 0 Å². The SMILES string of the molecule is CNC(=O)C(C)Nc1ccc(N2CCCCC2)cc1. The van der Waals surface area contributed by atoms with Crippen LogP contribution in [0.15, 0.2) is 24.3 Å². The second-order valence-electron chi connectivity index (χ2n) is 5.07. The van der Waals surface area contributed by atoms with E-state index in [2.05, 4.69) is 27.7 Å². The summed E-state index contributed by atoms with van der Waals surface area (Å²) >= 11 is 0. The predicted octanol–water partition coefficient (Wildman–Crippen LogP) is 2.22. The molecule has 2 N–H and O–H groups in total. The van der Waals surface area contributed by atoms with E-state index < -0.39 is 0 Å². The first-order valence-electron chi connectivity index (χ1n) is 7.04. The second kappa shape index (κ2) is 6.45. The van der Waals surface area contributed by atoms with Crippen molar-refractivity contribution in [2.75, 3.05) is 30.4 Å². The van der Waals surface area contributed by atoms with Gasteiger partial charge in [-0.3, -0.25) is 4.79 Å². The standard InChI is InChI=1S/C15H23N3O/c1-12(15(19)16-2)17-13-6-8-14(9-7-13)18-10-4-3-5-11-18/h6-9,12,17H,3-5,10-11H2,1-2H3,(H,16,19). The fourth-order valence-corrected chi connectivity index (χ4v) is 2.45. The molecule has 1 aromatic carbocycles. The molecule has 1 aliphatic heterocycles. The van der Waals surface area contributed by atoms with Crippen LogP contribution in [-0.2, 0) is 4.79 Å². The highest BCUT2D eigenvalue weighted by molar-refractivity contribution is 5.83. The summed E-state index contributed by atoms with van der Waals surface area (Å²) in [4.78, 5) is 13.9. The topological polar surface area (TPSA) is 44.4 Å². The molecule has 4 heteroatoms. The third kappa shape index (κ3) is 3.63. The third-order valence-electron chi connectivity index (χ3n) is 3.61. The fourth-order valence-electron chi connectivity index (χ4n) is 2.45. The van der Waals surface area contributed by atoms with Crippen LogP contribution < -0.4 is 15.5 Å². The average molecular weight is 261 g/mol. The van der Waals surface area contributed by atoms with Gasteiger partial charge in [-0.15, -0.1) is 0 Å². The molecular weight excluding hydrogens is 238 g/mol. The number of nitrogens with zero attached hydrogens (tertiary/aromatic N) is 1. The highest BCUT2D eigenvalue weighted by atomic mass is 16.2. The maximum Gasteiger partial charge on any atom is 0.241 e. The number of anilines is 2. The average Bonchev–Trinajstić information content (AvgIpc) is 2.48. The Hall–Kier alpha value is -1.71. The lowest BCUT2D eigenvalue weighted by atomic mass is 10.1. The van der Waals surface area contributed by atoms with Crippen molar-refractivity contribution in [1.29, 1.82) is 0 Å². The molecule has 1 aliphatic rings. The summed E-state index contributed by atoms with van der Waals surface area (Å²) in [6.45, 7) is 4.17. The minimum atomic E-state index is -0.217. The Morgan fingerprint density at radius 1 is 1.16 bits per heavy atom. The van der Waals surface area contributed by atoms with E-state index in [4.69, 9.17) is 0 Å². The maximum atomic E-state index is 11.4. The number of amides is 1. The number of carbonyl (C=O) groups excluding carboxylic acids is 1. The van der Waals surface area contributed by atoms with E-state index in [1.54, 1.807) is 7.05 Å². The molecule has 1 heterocycles. The normalized spacial score (nSPS) is 16.8. The van der Waals surface area contributed by atoms with Crippen LogP contribution in [0.5, 0.6) is 0 Å². The number of hydrogen-bond donors (Lipinski definition) is 2. The van der Waals surface area contributed by atoms with Crippen LogP contribution in [-0.4, -0.2) is 32.1 Å². The Kier molecular flexibility index (Phi) is 4.66. The van der Waals surface area contributed by atoms with Crippen molar-refractivity contribution in [3.63, 3.8) is 0 Å². The van der Waals surface area contributed by atoms with Gasteiger partial charge in [0.2, 0.25) is 5.91 Å². The van der Waals surface area contributed by atoms with Gasteiger partial charge in [-0.25, -0.2) is 0 Å². The van der Waals surface area contributed by atoms with Crippen LogP contribution in [0, 0.1) is 0 Å². The van der Waals surface area contributed by atoms with Crippen LogP contribution in [0.2, 0.25) is 0 Å². The van der Waals surface area contributed by atoms with E-state index >= 15 is 0 Å². The molecule has 0 saturated carbocycles. The molecule has 19 heavy (non-hydrogen) atoms. The lowest BCUT2D eigenvalue weighted by Crippen LogP contribution is -2.35. The van der Waals surface area contributed by atoms with Crippen molar-refractivity contribution in [2.45, 2.75) is 32.2 Å². The van der Waals surface area contributed by atoms with Gasteiger partial charge in [0.05, 0.1) is 0 Å². The van der Waals surface area contributed by atoms with E-state index in [9.17, 15) is 4.79 Å². The Morgan fingerprint density at radius 3 is 2.37 bits per heavy atom. The minimum absolute atomic E-state index is 0.0000991. The summed E-state index contributed by atoms with van der Waals surface area (Å²) in [5, 5.41) is 5.83. The number of nitrogens with one attached hydrogen (secondary N) is 2. The molecule has 4 nitrogen and oxygen atoms in total. The molecule has 0 bridgehead atoms. The number of rotatable bonds is 4. The summed E-state index contributed by atoms with van der Waals surface area (Å²) in [5.74, 6) is 0.0000991. The Bertz CT molecular complexity index is 410. The number of likely N-dealkylation sites (N-methyl/N-ethyl adjacent to an activating group) is 1. The molecule has 104 valence electrons. The monoisotopic (exact) mass is 261 g/mol. The number of carbonyl (C=O) groups is 1. The largest absolute Gasteiger partial charge is 0.374 e. The molecule has 0 aliphatic carbocycles. The van der Waals surface area contributed by atoms with Gasteiger partial charge < -0.3 is 15.5 Å². The molecular formula is C15H23N3O. The van der Waals surface area contributed by atoms with Crippen molar-refractivity contribution >= 4 is 17.3 Å². The van der Waals surface area contributed by atoms with Gasteiger partial charge in [0.25, 0.3) is 0 Å². The number of benzene rings is 1. The van der Waals surface area contributed by atoms with Gasteiger partial charge in [-0.05, 0) is 50.5 Å². The van der Waals surface area contributed by atoms with Crippen molar-refractivity contribution in [3.05, 3.63) is 24.3 Å². The van der Waals surface area contributed by atoms with Gasteiger partial charge in [0.1, 0.15) is 6.04 Å². The molecule has 2 rings (SSSR count). The van der Waals surface area contributed by atoms with Crippen LogP contribution >= 0.6 is 0 Å². The lowest BCUT2D eigenvalue weighted by Gasteiger charge is -2.29. The summed E-state index contributed by atoms with van der Waals surface area (Å²) in [7, 11) is 1.65. The Balaban J connectivity index is 1.96. The molecule has 1 unspecified atom stereocenters. The van der Waals surface area contributed by atoms with Gasteiger partial charge >= 0.3 is 0 Å². The second-order valence-corrected chi connectivity index (χ2v) is 5.07. The van der Waals surface area contributed by atoms with Crippen LogP contribution in [0.3, 0.4) is 0 Å². The number of piperidine rings is 1. The molecule has 1 saturated heterocycles. The van der Waals surface area contributed by atoms with Gasteiger partial charge in [-0.2, -0.15) is 0 Å². The Morgan fingerprint density at radius 2 is 1.79 bits per heavy atom. The molecule has 1 aromatic rings. The smallest absolute Gasteiger partial charge is 0.241 e. The zero-order chi connectivity index (χ0) is 13.7. The van der Waals surface area contributed by atoms with Crippen molar-refractivity contribution < 1.29 is 4.79 Å². The lowest BCUT2D eigenvalue weighted by molar-refractivity contribution is -0.121. The molecule has 1 amide bonds. The van der Waals surface area contributed by atoms with Crippen molar-refractivity contribution in [1.82, 2.24) is 5.32 Å². The van der Waals surface area contributed by atoms with Crippen LogP contribution in [0.1, 0.15) is 26.2 Å². The first kappa shape index (κ1) is 13.7. The first-order chi connectivity index (χ1) is 9.20. The Labute approximate surface area is 115 Å². The molecule has 0 aromatic heterocycles. The predicted molar refractivity (Wildman–Crippen MR) is 79.7 cm³/mol. The molecule has 0 radical (unpaired) electrons. The molecule has 1 fully saturated rings. The highest BCUT2D eigenvalue weighted by Gasteiger charge is 2.12. The van der Waals surface area contributed by atoms with Crippen LogP contribution in [0.25, 0.3) is 0 Å². The highest BCUT2D eigenvalue weighted by Crippen LogP contribution is 2.22. The first-order valence-corrected chi connectivity index (χ1v) is 7.04. The summed E-state index contributed by atoms with van der Waals surface area (Å²) in [5.41, 5.74) is 2.26. The summed E-state index contributed by atoms with van der Waals surface area (Å²) in [6.07, 6.45) is 3.92. The van der Waals surface area contributed by atoms with Crippen molar-refractivity contribution in [3.8, 4) is 0 Å². The zero-order valence-electron chi connectivity index (χ0n) is 11.8. The molecule has 1 atom stereocenters. The minimum Gasteiger partial charge on any atom is -0.374 e. The summed E-state index contributed by atoms with van der Waals surface area (Å²) < 4.78 is 0. The zero-order valence-corrected chi connectivity index (χ0v) is 11.8. The van der Waals surface area contributed by atoms with E-state index in [-0.39, 0.29) is 11.9 Å². The van der Waals surface area contributed by atoms with E-state index in [0.29, 0.717) is 0 Å². The van der Waals surface area contributed by atoms with E-state index in [0.717, 1.165) is 18.8 Å². The van der Waals surface area contributed by atoms with E-state index in [1.807, 2.05) is 19.1 Å². The van der Waals surface area contributed by atoms with Gasteiger partial charge in [0.15, 0.2) is 0 Å². The quantitative estimate of drug-likeness (QED) is 0.873.